The van der Waals surface area contributed by atoms with Crippen molar-refractivity contribution < 1.29 is 4.39 Å². The van der Waals surface area contributed by atoms with Gasteiger partial charge in [0.15, 0.2) is 5.11 Å². The number of nitrogens with zero attached hydrogens (tertiary/aromatic N) is 4. The van der Waals surface area contributed by atoms with Crippen LogP contribution in [0, 0.1) is 17.7 Å². The van der Waals surface area contributed by atoms with Gasteiger partial charge in [-0.15, -0.1) is 0 Å². The highest BCUT2D eigenvalue weighted by Gasteiger charge is 2.22. The fraction of sp³-hybridized carbons (Fsp3) is 0.577. The SMILES string of the molecule is CC1CCN(c2cc(N3CCCC(C)C3)nc(NC(=S)NCCCc3ccc(F)cc3)n2)CC1. The Morgan fingerprint density at radius 1 is 1.00 bits per heavy atom. The van der Waals surface area contributed by atoms with Gasteiger partial charge in [-0.05, 0) is 80.3 Å². The Bertz CT molecular complexity index is 945. The lowest BCUT2D eigenvalue weighted by Crippen LogP contribution is -2.37. The van der Waals surface area contributed by atoms with E-state index in [0.717, 1.165) is 68.7 Å². The van der Waals surface area contributed by atoms with Crippen LogP contribution in [0.3, 0.4) is 0 Å². The molecular formula is C26H37FN6S. The molecule has 1 atom stereocenters. The van der Waals surface area contributed by atoms with Gasteiger partial charge in [0.1, 0.15) is 17.5 Å². The van der Waals surface area contributed by atoms with Gasteiger partial charge >= 0.3 is 0 Å². The van der Waals surface area contributed by atoms with Crippen LogP contribution in [0.4, 0.5) is 22.0 Å². The van der Waals surface area contributed by atoms with Crippen LogP contribution >= 0.6 is 12.2 Å². The van der Waals surface area contributed by atoms with Crippen molar-refractivity contribution >= 4 is 34.9 Å². The Kier molecular flexibility index (Phi) is 8.53. The zero-order chi connectivity index (χ0) is 23.9. The molecule has 34 heavy (non-hydrogen) atoms. The van der Waals surface area contributed by atoms with Crippen LogP contribution < -0.4 is 20.4 Å². The molecule has 4 rings (SSSR count). The highest BCUT2D eigenvalue weighted by Crippen LogP contribution is 2.28. The molecule has 1 aromatic carbocycles. The van der Waals surface area contributed by atoms with Crippen molar-refractivity contribution in [1.82, 2.24) is 15.3 Å². The molecule has 2 N–H and O–H groups in total. The third kappa shape index (κ3) is 7.01. The molecule has 0 spiro atoms. The minimum Gasteiger partial charge on any atom is -0.362 e. The maximum absolute atomic E-state index is 13.1. The topological polar surface area (TPSA) is 56.3 Å². The third-order valence-electron chi connectivity index (χ3n) is 6.85. The molecule has 2 fully saturated rings. The molecule has 3 heterocycles. The number of aromatic nitrogens is 2. The molecule has 0 saturated carbocycles. The Hall–Kier alpha value is -2.48. The smallest absolute Gasteiger partial charge is 0.232 e. The number of hydrogen-bond donors (Lipinski definition) is 2. The summed E-state index contributed by atoms with van der Waals surface area (Å²) in [5.74, 6) is 3.76. The van der Waals surface area contributed by atoms with Crippen molar-refractivity contribution in [2.75, 3.05) is 47.8 Å². The lowest BCUT2D eigenvalue weighted by atomic mass is 9.99. The van der Waals surface area contributed by atoms with Crippen LogP contribution in [0.2, 0.25) is 0 Å². The van der Waals surface area contributed by atoms with E-state index in [9.17, 15) is 4.39 Å². The lowest BCUT2D eigenvalue weighted by molar-refractivity contribution is 0.435. The summed E-state index contributed by atoms with van der Waals surface area (Å²) in [7, 11) is 0. The van der Waals surface area contributed by atoms with Crippen LogP contribution in [-0.2, 0) is 6.42 Å². The monoisotopic (exact) mass is 484 g/mol. The highest BCUT2D eigenvalue weighted by molar-refractivity contribution is 7.80. The number of nitrogens with one attached hydrogen (secondary N) is 2. The van der Waals surface area contributed by atoms with Crippen LogP contribution in [-0.4, -0.2) is 47.8 Å². The van der Waals surface area contributed by atoms with Gasteiger partial charge in [-0.1, -0.05) is 26.0 Å². The maximum Gasteiger partial charge on any atom is 0.232 e. The molecule has 2 aliphatic heterocycles. The Labute approximate surface area is 208 Å². The number of benzene rings is 1. The Morgan fingerprint density at radius 2 is 1.71 bits per heavy atom. The van der Waals surface area contributed by atoms with Gasteiger partial charge in [-0.3, -0.25) is 0 Å². The van der Waals surface area contributed by atoms with E-state index in [1.54, 1.807) is 0 Å². The summed E-state index contributed by atoms with van der Waals surface area (Å²) in [5, 5.41) is 7.01. The quantitative estimate of drug-likeness (QED) is 0.423. The van der Waals surface area contributed by atoms with E-state index in [1.807, 2.05) is 12.1 Å². The van der Waals surface area contributed by atoms with Crippen LogP contribution in [0.5, 0.6) is 0 Å². The first-order chi connectivity index (χ1) is 16.5. The van der Waals surface area contributed by atoms with E-state index >= 15 is 0 Å². The average Bonchev–Trinajstić information content (AvgIpc) is 2.83. The highest BCUT2D eigenvalue weighted by atomic mass is 32.1. The summed E-state index contributed by atoms with van der Waals surface area (Å²) >= 11 is 5.54. The third-order valence-corrected chi connectivity index (χ3v) is 7.10. The molecule has 8 heteroatoms. The number of hydrogen-bond acceptors (Lipinski definition) is 5. The van der Waals surface area contributed by atoms with Crippen molar-refractivity contribution in [3.05, 3.63) is 41.7 Å². The zero-order valence-electron chi connectivity index (χ0n) is 20.4. The summed E-state index contributed by atoms with van der Waals surface area (Å²) in [4.78, 5) is 14.4. The molecule has 2 aliphatic rings. The number of aryl methyl sites for hydroxylation is 1. The van der Waals surface area contributed by atoms with Gasteiger partial charge < -0.3 is 20.4 Å². The maximum atomic E-state index is 13.1. The van der Waals surface area contributed by atoms with E-state index < -0.39 is 0 Å². The molecule has 0 amide bonds. The van der Waals surface area contributed by atoms with E-state index in [-0.39, 0.29) is 5.82 Å². The van der Waals surface area contributed by atoms with Crippen LogP contribution in [0.1, 0.15) is 51.5 Å². The van der Waals surface area contributed by atoms with E-state index in [1.165, 1.54) is 37.8 Å². The summed E-state index contributed by atoms with van der Waals surface area (Å²) in [6.07, 6.45) is 6.62. The van der Waals surface area contributed by atoms with Gasteiger partial charge in [-0.2, -0.15) is 9.97 Å². The lowest BCUT2D eigenvalue weighted by Gasteiger charge is -2.34. The zero-order valence-corrected chi connectivity index (χ0v) is 21.2. The predicted molar refractivity (Wildman–Crippen MR) is 142 cm³/mol. The first kappa shape index (κ1) is 24.6. The van der Waals surface area contributed by atoms with Gasteiger partial charge in [0, 0.05) is 38.8 Å². The minimum atomic E-state index is -0.202. The van der Waals surface area contributed by atoms with Gasteiger partial charge in [-0.25, -0.2) is 4.39 Å². The number of rotatable bonds is 7. The van der Waals surface area contributed by atoms with Crippen LogP contribution in [0.15, 0.2) is 30.3 Å². The van der Waals surface area contributed by atoms with Gasteiger partial charge in [0.25, 0.3) is 0 Å². The Balaban J connectivity index is 1.38. The summed E-state index contributed by atoms with van der Waals surface area (Å²) in [6, 6.07) is 8.81. The molecule has 2 saturated heterocycles. The van der Waals surface area contributed by atoms with Crippen molar-refractivity contribution in [1.29, 1.82) is 0 Å². The first-order valence-corrected chi connectivity index (χ1v) is 13.1. The van der Waals surface area contributed by atoms with Gasteiger partial charge in [0.05, 0.1) is 0 Å². The number of anilines is 3. The average molecular weight is 485 g/mol. The summed E-state index contributed by atoms with van der Waals surface area (Å²) in [5.41, 5.74) is 1.12. The van der Waals surface area contributed by atoms with Gasteiger partial charge in [0.2, 0.25) is 5.95 Å². The molecule has 2 aromatic rings. The summed E-state index contributed by atoms with van der Waals surface area (Å²) in [6.45, 7) is 9.47. The first-order valence-electron chi connectivity index (χ1n) is 12.6. The molecular weight excluding hydrogens is 447 g/mol. The van der Waals surface area contributed by atoms with Crippen molar-refractivity contribution in [2.24, 2.45) is 11.8 Å². The number of halogens is 1. The molecule has 6 nitrogen and oxygen atoms in total. The Morgan fingerprint density at radius 3 is 2.41 bits per heavy atom. The fourth-order valence-corrected chi connectivity index (χ4v) is 4.92. The standard InChI is InChI=1S/C26H37FN6S/c1-19-11-15-32(16-12-19)23-17-24(33-14-4-5-20(2)18-33)30-25(29-23)31-26(34)28-13-3-6-21-7-9-22(27)10-8-21/h7-10,17,19-20H,3-6,11-16,18H2,1-2H3,(H2,28,29,30,31,34). The molecule has 0 bridgehead atoms. The number of piperidine rings is 2. The second-order valence-electron chi connectivity index (χ2n) is 9.88. The normalized spacial score (nSPS) is 19.2. The second kappa shape index (κ2) is 11.8. The van der Waals surface area contributed by atoms with Crippen molar-refractivity contribution in [3.8, 4) is 0 Å². The fourth-order valence-electron chi connectivity index (χ4n) is 4.73. The molecule has 0 aliphatic carbocycles. The molecule has 1 unspecified atom stereocenters. The van der Waals surface area contributed by atoms with Crippen molar-refractivity contribution in [2.45, 2.75) is 52.4 Å². The molecule has 0 radical (unpaired) electrons. The van der Waals surface area contributed by atoms with E-state index in [4.69, 9.17) is 22.2 Å². The predicted octanol–water partition coefficient (Wildman–Crippen LogP) is 5.01. The van der Waals surface area contributed by atoms with Crippen LogP contribution in [0.25, 0.3) is 0 Å². The summed E-state index contributed by atoms with van der Waals surface area (Å²) < 4.78 is 13.1. The second-order valence-corrected chi connectivity index (χ2v) is 10.3. The van der Waals surface area contributed by atoms with E-state index in [2.05, 4.69) is 40.3 Å². The molecule has 184 valence electrons. The molecule has 1 aromatic heterocycles. The van der Waals surface area contributed by atoms with Crippen molar-refractivity contribution in [3.63, 3.8) is 0 Å². The number of thiocarbonyl (C=S) groups is 1. The minimum absolute atomic E-state index is 0.202. The largest absolute Gasteiger partial charge is 0.362 e. The van der Waals surface area contributed by atoms with E-state index in [0.29, 0.717) is 17.0 Å².